The topological polar surface area (TPSA) is 71.4 Å². The number of aryl methyl sites for hydroxylation is 1. The Bertz CT molecular complexity index is 857. The summed E-state index contributed by atoms with van der Waals surface area (Å²) in [6, 6.07) is 7.07. The average Bonchev–Trinajstić information content (AvgIpc) is 2.66. The quantitative estimate of drug-likeness (QED) is 0.807. The second-order valence-corrected chi connectivity index (χ2v) is 6.70. The van der Waals surface area contributed by atoms with Crippen molar-refractivity contribution in [2.75, 3.05) is 34.9 Å². The maximum absolute atomic E-state index is 10.2. The van der Waals surface area contributed by atoms with Crippen LogP contribution in [-0.4, -0.2) is 50.0 Å². The number of ether oxygens (including phenoxy) is 3. The van der Waals surface area contributed by atoms with E-state index in [9.17, 15) is 10.2 Å². The zero-order chi connectivity index (χ0) is 20.4. The van der Waals surface area contributed by atoms with Crippen molar-refractivity contribution in [3.8, 4) is 28.7 Å². The molecule has 0 amide bonds. The van der Waals surface area contributed by atoms with Gasteiger partial charge in [0.05, 0.1) is 21.3 Å². The van der Waals surface area contributed by atoms with Gasteiger partial charge < -0.3 is 24.4 Å². The fourth-order valence-electron chi connectivity index (χ4n) is 3.66. The number of methoxy groups -OCH3 is 3. The van der Waals surface area contributed by atoms with Gasteiger partial charge in [0.2, 0.25) is 5.75 Å². The summed E-state index contributed by atoms with van der Waals surface area (Å²) in [4.78, 5) is 2.13. The van der Waals surface area contributed by atoms with Crippen LogP contribution in [0.4, 0.5) is 0 Å². The summed E-state index contributed by atoms with van der Waals surface area (Å²) in [7, 11) is 6.53. The molecule has 0 saturated carbocycles. The van der Waals surface area contributed by atoms with E-state index in [0.29, 0.717) is 30.2 Å². The lowest BCUT2D eigenvalue weighted by molar-refractivity contribution is 0.218. The Balaban J connectivity index is 1.88. The van der Waals surface area contributed by atoms with Gasteiger partial charge in [-0.05, 0) is 67.2 Å². The van der Waals surface area contributed by atoms with Crippen molar-refractivity contribution in [2.24, 2.45) is 0 Å². The zero-order valence-corrected chi connectivity index (χ0v) is 16.2. The lowest BCUT2D eigenvalue weighted by Crippen LogP contribution is -2.32. The molecular formula is C21H27NO5. The molecule has 6 heteroatoms. The zero-order valence-electron chi connectivity index (χ0n) is 17.2. The summed E-state index contributed by atoms with van der Waals surface area (Å²) in [6.07, 6.45) is 1.06. The van der Waals surface area contributed by atoms with E-state index in [0.717, 1.165) is 23.1 Å². The maximum Gasteiger partial charge on any atom is 0.203 e. The van der Waals surface area contributed by atoms with Crippen molar-refractivity contribution in [1.29, 1.82) is 0 Å². The van der Waals surface area contributed by atoms with Gasteiger partial charge in [-0.25, -0.2) is 0 Å². The normalized spacial score (nSPS) is 19.9. The molecule has 0 unspecified atom stereocenters. The van der Waals surface area contributed by atoms with Gasteiger partial charge in [-0.3, -0.25) is 4.90 Å². The highest BCUT2D eigenvalue weighted by molar-refractivity contribution is 5.53. The number of hydrogen-bond acceptors (Lipinski definition) is 6. The van der Waals surface area contributed by atoms with E-state index in [1.165, 1.54) is 21.3 Å². The number of nitrogens with zero attached hydrogens (tertiary/aromatic N) is 1. The Morgan fingerprint density at radius 1 is 1.04 bits per heavy atom. The van der Waals surface area contributed by atoms with Gasteiger partial charge >= 0.3 is 0 Å². The number of aromatic hydroxyl groups is 2. The van der Waals surface area contributed by atoms with E-state index in [1.807, 2.05) is 13.1 Å². The van der Waals surface area contributed by atoms with Crippen molar-refractivity contribution in [3.05, 3.63) is 41.0 Å². The first-order chi connectivity index (χ1) is 13.4. The first-order valence-electron chi connectivity index (χ1n) is 9.44. The molecule has 0 radical (unpaired) electrons. The maximum atomic E-state index is 10.2. The smallest absolute Gasteiger partial charge is 0.203 e. The summed E-state index contributed by atoms with van der Waals surface area (Å²) >= 11 is 0. The standard InChI is InChI=1S/C21H27NO5/c1-22-8-7-14-11-19(25-2)17(23)12-15(14)16(22)6-5-13-9-18(24)21(27-4)20(10-13)26-3/h9-12,16,23-24H,5-8H2,1-4H3/t16-/m0/s1/i7T/t7-,16+/m1. The van der Waals surface area contributed by atoms with Crippen LogP contribution in [-0.2, 0) is 12.8 Å². The minimum absolute atomic E-state index is 0.0443. The van der Waals surface area contributed by atoms with Crippen LogP contribution in [0.2, 0.25) is 0 Å². The highest BCUT2D eigenvalue weighted by Gasteiger charge is 2.26. The van der Waals surface area contributed by atoms with Crippen LogP contribution >= 0.6 is 0 Å². The van der Waals surface area contributed by atoms with Gasteiger partial charge in [-0.15, -0.1) is 0 Å². The molecule has 2 atom stereocenters. The number of fused-ring (bicyclic) bond motifs is 1. The summed E-state index contributed by atoms with van der Waals surface area (Å²) < 4.78 is 24.1. The SMILES string of the molecule is [3H][C@@H]1CN(C)[C@@H](CCc2cc(O)c(OC)c(OC)c2)c2cc(O)c(OC)cc21. The molecular weight excluding hydrogens is 346 g/mol. The van der Waals surface area contributed by atoms with E-state index in [1.54, 1.807) is 18.2 Å². The third kappa shape index (κ3) is 3.76. The van der Waals surface area contributed by atoms with E-state index in [4.69, 9.17) is 15.6 Å². The van der Waals surface area contributed by atoms with Crippen LogP contribution in [0.15, 0.2) is 24.3 Å². The molecule has 6 nitrogen and oxygen atoms in total. The molecule has 2 aromatic carbocycles. The Labute approximate surface area is 161 Å². The third-order valence-electron chi connectivity index (χ3n) is 5.10. The Hall–Kier alpha value is -2.60. The summed E-state index contributed by atoms with van der Waals surface area (Å²) in [5.41, 5.74) is 2.75. The number of phenolic OH excluding ortho intramolecular Hbond substituents is 2. The Kier molecular flexibility index (Phi) is 5.25. The largest absolute Gasteiger partial charge is 0.504 e. The van der Waals surface area contributed by atoms with Crippen molar-refractivity contribution < 1.29 is 25.8 Å². The second kappa shape index (κ2) is 7.96. The van der Waals surface area contributed by atoms with Gasteiger partial charge in [-0.1, -0.05) is 0 Å². The predicted octanol–water partition coefficient (Wildman–Crippen LogP) is 3.29. The molecule has 2 aromatic rings. The van der Waals surface area contributed by atoms with E-state index < -0.39 is 6.40 Å². The van der Waals surface area contributed by atoms with Crippen LogP contribution in [0.3, 0.4) is 0 Å². The van der Waals surface area contributed by atoms with Crippen molar-refractivity contribution in [3.63, 3.8) is 0 Å². The van der Waals surface area contributed by atoms with Gasteiger partial charge in [0, 0.05) is 14.0 Å². The molecule has 1 heterocycles. The first-order valence-corrected chi connectivity index (χ1v) is 8.86. The Morgan fingerprint density at radius 3 is 2.44 bits per heavy atom. The number of likely N-dealkylation sites (N-methyl/N-ethyl adjacent to an activating group) is 1. The van der Waals surface area contributed by atoms with Crippen LogP contribution in [0, 0.1) is 0 Å². The van der Waals surface area contributed by atoms with Crippen molar-refractivity contribution in [1.82, 2.24) is 4.90 Å². The molecule has 0 spiro atoms. The predicted molar refractivity (Wildman–Crippen MR) is 103 cm³/mol. The third-order valence-corrected chi connectivity index (χ3v) is 5.10. The summed E-state index contributed by atoms with van der Waals surface area (Å²) in [5.74, 6) is 1.33. The van der Waals surface area contributed by atoms with Crippen LogP contribution in [0.1, 0.15) is 30.5 Å². The van der Waals surface area contributed by atoms with Crippen LogP contribution < -0.4 is 14.2 Å². The van der Waals surface area contributed by atoms with Crippen LogP contribution in [0.5, 0.6) is 28.7 Å². The van der Waals surface area contributed by atoms with Crippen molar-refractivity contribution in [2.45, 2.75) is 25.3 Å². The molecule has 1 aliphatic rings. The van der Waals surface area contributed by atoms with Gasteiger partial charge in [0.15, 0.2) is 23.0 Å². The monoisotopic (exact) mass is 375 g/mol. The highest BCUT2D eigenvalue weighted by Crippen LogP contribution is 2.41. The summed E-state index contributed by atoms with van der Waals surface area (Å²) in [5, 5.41) is 20.4. The van der Waals surface area contributed by atoms with E-state index in [2.05, 4.69) is 4.90 Å². The molecule has 27 heavy (non-hydrogen) atoms. The van der Waals surface area contributed by atoms with Crippen molar-refractivity contribution >= 4 is 0 Å². The molecule has 0 bridgehead atoms. The molecule has 0 saturated heterocycles. The lowest BCUT2D eigenvalue weighted by Gasteiger charge is -2.35. The fraction of sp³-hybridized carbons (Fsp3) is 0.429. The Morgan fingerprint density at radius 2 is 1.78 bits per heavy atom. The lowest BCUT2D eigenvalue weighted by atomic mass is 9.88. The van der Waals surface area contributed by atoms with E-state index in [-0.39, 0.29) is 17.5 Å². The second-order valence-electron chi connectivity index (χ2n) is 6.70. The number of benzene rings is 2. The van der Waals surface area contributed by atoms with Crippen LogP contribution in [0.25, 0.3) is 0 Å². The van der Waals surface area contributed by atoms with Gasteiger partial charge in [-0.2, -0.15) is 0 Å². The molecule has 146 valence electrons. The number of rotatable bonds is 6. The van der Waals surface area contributed by atoms with E-state index >= 15 is 0 Å². The summed E-state index contributed by atoms with van der Waals surface area (Å²) in [6.45, 7) is 0.600. The number of hydrogen-bond donors (Lipinski definition) is 2. The first kappa shape index (κ1) is 17.8. The van der Waals surface area contributed by atoms with Gasteiger partial charge in [0.1, 0.15) is 0 Å². The van der Waals surface area contributed by atoms with Gasteiger partial charge in [0.25, 0.3) is 0 Å². The highest BCUT2D eigenvalue weighted by atomic mass is 16.5. The minimum Gasteiger partial charge on any atom is -0.504 e. The molecule has 0 aromatic heterocycles. The molecule has 0 aliphatic carbocycles. The minimum atomic E-state index is -0.393. The fourth-order valence-corrected chi connectivity index (χ4v) is 3.66. The number of phenols is 2. The average molecular weight is 375 g/mol. The molecule has 3 rings (SSSR count). The molecule has 0 fully saturated rings. The molecule has 1 aliphatic heterocycles. The molecule has 2 N–H and O–H groups in total.